The Kier molecular flexibility index (Phi) is 4.85. The fourth-order valence-corrected chi connectivity index (χ4v) is 2.86. The second-order valence-electron chi connectivity index (χ2n) is 5.47. The van der Waals surface area contributed by atoms with Gasteiger partial charge in [-0.2, -0.15) is 0 Å². The molecule has 0 spiro atoms. The molecule has 0 amide bonds. The molecule has 0 saturated carbocycles. The molecular formula is C17H23NO4. The highest BCUT2D eigenvalue weighted by molar-refractivity contribution is 5.61. The van der Waals surface area contributed by atoms with E-state index in [1.54, 1.807) is 14.2 Å². The van der Waals surface area contributed by atoms with Gasteiger partial charge in [0.25, 0.3) is 0 Å². The maximum Gasteiger partial charge on any atom is 0.161 e. The molecule has 5 heteroatoms. The van der Waals surface area contributed by atoms with Crippen LogP contribution in [0.3, 0.4) is 0 Å². The lowest BCUT2D eigenvalue weighted by atomic mass is 10.0. The molecule has 1 saturated heterocycles. The highest BCUT2D eigenvalue weighted by Gasteiger charge is 2.18. The lowest BCUT2D eigenvalue weighted by Crippen LogP contribution is -2.24. The fourth-order valence-electron chi connectivity index (χ4n) is 2.86. The predicted octanol–water partition coefficient (Wildman–Crippen LogP) is 2.30. The van der Waals surface area contributed by atoms with E-state index in [4.69, 9.17) is 18.9 Å². The van der Waals surface area contributed by atoms with Crippen molar-refractivity contribution in [2.75, 3.05) is 40.5 Å². The average molecular weight is 305 g/mol. The van der Waals surface area contributed by atoms with Gasteiger partial charge in [0, 0.05) is 19.5 Å². The van der Waals surface area contributed by atoms with E-state index in [0.717, 1.165) is 37.4 Å². The topological polar surface area (TPSA) is 40.2 Å². The summed E-state index contributed by atoms with van der Waals surface area (Å²) in [7, 11) is 3.34. The molecule has 0 N–H and O–H groups in total. The Labute approximate surface area is 131 Å². The summed E-state index contributed by atoms with van der Waals surface area (Å²) in [6, 6.07) is 4.11. The van der Waals surface area contributed by atoms with E-state index < -0.39 is 0 Å². The normalized spacial score (nSPS) is 18.2. The van der Waals surface area contributed by atoms with E-state index in [2.05, 4.69) is 23.2 Å². The predicted molar refractivity (Wildman–Crippen MR) is 84.2 cm³/mol. The summed E-state index contributed by atoms with van der Waals surface area (Å²) >= 11 is 0. The second-order valence-corrected chi connectivity index (χ2v) is 5.47. The molecule has 22 heavy (non-hydrogen) atoms. The molecule has 2 aliphatic rings. The molecule has 1 aromatic rings. The molecule has 120 valence electrons. The quantitative estimate of drug-likeness (QED) is 0.835. The Morgan fingerprint density at radius 2 is 1.86 bits per heavy atom. The molecule has 0 radical (unpaired) electrons. The minimum Gasteiger partial charge on any atom is -0.493 e. The second kappa shape index (κ2) is 7.03. The zero-order valence-corrected chi connectivity index (χ0v) is 13.2. The lowest BCUT2D eigenvalue weighted by molar-refractivity contribution is -0.0496. The third-order valence-corrected chi connectivity index (χ3v) is 4.12. The first kappa shape index (κ1) is 15.2. The number of hydrogen-bond donors (Lipinski definition) is 0. The lowest BCUT2D eigenvalue weighted by Gasteiger charge is -2.20. The molecule has 3 rings (SSSR count). The van der Waals surface area contributed by atoms with Crippen LogP contribution in [0.5, 0.6) is 11.5 Å². The van der Waals surface area contributed by atoms with E-state index in [1.165, 1.54) is 11.1 Å². The van der Waals surface area contributed by atoms with Gasteiger partial charge in [0.1, 0.15) is 0 Å². The van der Waals surface area contributed by atoms with Crippen LogP contribution in [-0.2, 0) is 15.9 Å². The van der Waals surface area contributed by atoms with Gasteiger partial charge in [-0.3, -0.25) is 0 Å². The van der Waals surface area contributed by atoms with Crippen LogP contribution in [0.15, 0.2) is 18.3 Å². The van der Waals surface area contributed by atoms with Crippen molar-refractivity contribution < 1.29 is 18.9 Å². The molecule has 1 aromatic carbocycles. The van der Waals surface area contributed by atoms with Gasteiger partial charge in [-0.25, -0.2) is 0 Å². The molecule has 0 atom stereocenters. The number of fused-ring (bicyclic) bond motifs is 1. The number of nitrogens with zero attached hydrogens (tertiary/aromatic N) is 1. The van der Waals surface area contributed by atoms with Crippen LogP contribution in [0.25, 0.3) is 6.08 Å². The van der Waals surface area contributed by atoms with Gasteiger partial charge in [-0.1, -0.05) is 0 Å². The van der Waals surface area contributed by atoms with Crippen molar-refractivity contribution in [3.8, 4) is 11.5 Å². The Morgan fingerprint density at radius 3 is 2.59 bits per heavy atom. The first-order valence-corrected chi connectivity index (χ1v) is 7.70. The van der Waals surface area contributed by atoms with E-state index >= 15 is 0 Å². The van der Waals surface area contributed by atoms with Gasteiger partial charge in [0.15, 0.2) is 17.8 Å². The monoisotopic (exact) mass is 305 g/mol. The number of ether oxygens (including phenoxy) is 4. The van der Waals surface area contributed by atoms with E-state index in [-0.39, 0.29) is 6.29 Å². The molecule has 2 aliphatic heterocycles. The zero-order valence-electron chi connectivity index (χ0n) is 13.2. The summed E-state index contributed by atoms with van der Waals surface area (Å²) in [6.45, 7) is 3.34. The van der Waals surface area contributed by atoms with E-state index in [0.29, 0.717) is 13.2 Å². The summed E-state index contributed by atoms with van der Waals surface area (Å²) in [6.07, 6.45) is 6.12. The van der Waals surface area contributed by atoms with Gasteiger partial charge in [-0.05, 0) is 42.0 Å². The standard InChI is InChI=1S/C17H23NO4/c1-19-15-11-13-3-6-18(8-5-17-21-9-10-22-17)7-4-14(13)12-16(15)20-2/h3,6,11-12,17H,4-5,7-10H2,1-2H3. The molecule has 0 unspecified atom stereocenters. The Morgan fingerprint density at radius 1 is 1.14 bits per heavy atom. The van der Waals surface area contributed by atoms with Crippen LogP contribution < -0.4 is 9.47 Å². The molecule has 0 aliphatic carbocycles. The SMILES string of the molecule is COc1cc2c(cc1OC)CCN(CCC1OCCO1)C=C2. The highest BCUT2D eigenvalue weighted by Crippen LogP contribution is 2.32. The van der Waals surface area contributed by atoms with Crippen LogP contribution in [0, 0.1) is 0 Å². The van der Waals surface area contributed by atoms with Gasteiger partial charge in [0.2, 0.25) is 0 Å². The summed E-state index contributed by atoms with van der Waals surface area (Å²) in [5.41, 5.74) is 2.47. The van der Waals surface area contributed by atoms with Gasteiger partial charge >= 0.3 is 0 Å². The summed E-state index contributed by atoms with van der Waals surface area (Å²) in [4.78, 5) is 2.31. The van der Waals surface area contributed by atoms with Crippen LogP contribution in [0.4, 0.5) is 0 Å². The molecular weight excluding hydrogens is 282 g/mol. The Bertz CT molecular complexity index is 538. The van der Waals surface area contributed by atoms with Crippen molar-refractivity contribution in [1.82, 2.24) is 4.90 Å². The van der Waals surface area contributed by atoms with Crippen LogP contribution >= 0.6 is 0 Å². The van der Waals surface area contributed by atoms with Crippen LogP contribution in [0.2, 0.25) is 0 Å². The maximum atomic E-state index is 5.49. The number of hydrogen-bond acceptors (Lipinski definition) is 5. The summed E-state index contributed by atoms with van der Waals surface area (Å²) < 4.78 is 21.8. The Balaban J connectivity index is 1.67. The van der Waals surface area contributed by atoms with Crippen molar-refractivity contribution in [2.24, 2.45) is 0 Å². The molecule has 5 nitrogen and oxygen atoms in total. The minimum atomic E-state index is -0.0424. The number of methoxy groups -OCH3 is 2. The smallest absolute Gasteiger partial charge is 0.161 e. The zero-order chi connectivity index (χ0) is 15.4. The summed E-state index contributed by atoms with van der Waals surface area (Å²) in [5.74, 6) is 1.56. The van der Waals surface area contributed by atoms with Crippen molar-refractivity contribution in [3.05, 3.63) is 29.5 Å². The van der Waals surface area contributed by atoms with E-state index in [9.17, 15) is 0 Å². The van der Waals surface area contributed by atoms with Gasteiger partial charge in [0.05, 0.1) is 27.4 Å². The highest BCUT2D eigenvalue weighted by atomic mass is 16.7. The molecule has 2 heterocycles. The van der Waals surface area contributed by atoms with Crippen molar-refractivity contribution in [3.63, 3.8) is 0 Å². The molecule has 1 fully saturated rings. The van der Waals surface area contributed by atoms with Gasteiger partial charge < -0.3 is 23.8 Å². The first-order valence-electron chi connectivity index (χ1n) is 7.70. The Hall–Kier alpha value is -1.72. The number of benzene rings is 1. The van der Waals surface area contributed by atoms with Gasteiger partial charge in [-0.15, -0.1) is 0 Å². The third kappa shape index (κ3) is 3.36. The fraction of sp³-hybridized carbons (Fsp3) is 0.529. The maximum absolute atomic E-state index is 5.49. The largest absolute Gasteiger partial charge is 0.493 e. The number of rotatable bonds is 5. The van der Waals surface area contributed by atoms with Crippen LogP contribution in [0.1, 0.15) is 17.5 Å². The van der Waals surface area contributed by atoms with Crippen molar-refractivity contribution >= 4 is 6.08 Å². The minimum absolute atomic E-state index is 0.0424. The van der Waals surface area contributed by atoms with Crippen LogP contribution in [-0.4, -0.2) is 51.7 Å². The summed E-state index contributed by atoms with van der Waals surface area (Å²) in [5, 5.41) is 0. The van der Waals surface area contributed by atoms with Crippen molar-refractivity contribution in [1.29, 1.82) is 0 Å². The third-order valence-electron chi connectivity index (χ3n) is 4.12. The first-order chi connectivity index (χ1) is 10.8. The van der Waals surface area contributed by atoms with E-state index in [1.807, 2.05) is 6.07 Å². The molecule has 0 bridgehead atoms. The molecule has 0 aromatic heterocycles. The average Bonchev–Trinajstić information content (AvgIpc) is 2.99. The van der Waals surface area contributed by atoms with Crippen molar-refractivity contribution in [2.45, 2.75) is 19.1 Å².